The van der Waals surface area contributed by atoms with Gasteiger partial charge in [-0.25, -0.2) is 0 Å². The smallest absolute Gasteiger partial charge is 0.251 e. The average Bonchev–Trinajstić information content (AvgIpc) is 3.26. The van der Waals surface area contributed by atoms with E-state index in [1.54, 1.807) is 48.5 Å². The third kappa shape index (κ3) is 4.11. The van der Waals surface area contributed by atoms with Crippen LogP contribution in [0.5, 0.6) is 11.5 Å². The van der Waals surface area contributed by atoms with Crippen LogP contribution in [-0.4, -0.2) is 29.9 Å². The summed E-state index contributed by atoms with van der Waals surface area (Å²) in [4.78, 5) is 23.5. The Hall–Kier alpha value is -2.86. The Bertz CT molecular complexity index is 833. The van der Waals surface area contributed by atoms with E-state index in [1.165, 1.54) is 13.3 Å². The SMILES string of the molecule is CC(=O)Nc1ccc(Oc2ccc(C(=O)N[C@@H]3C[C@H]4CC[C@@H]3N4)cc2)cc1. The molecule has 6 nitrogen and oxygen atoms in total. The predicted molar refractivity (Wildman–Crippen MR) is 103 cm³/mol. The molecule has 2 heterocycles. The molecule has 140 valence electrons. The van der Waals surface area contributed by atoms with Gasteiger partial charge in [-0.1, -0.05) is 0 Å². The first-order chi connectivity index (χ1) is 13.1. The largest absolute Gasteiger partial charge is 0.457 e. The maximum Gasteiger partial charge on any atom is 0.251 e. The van der Waals surface area contributed by atoms with Crippen molar-refractivity contribution in [3.8, 4) is 11.5 Å². The summed E-state index contributed by atoms with van der Waals surface area (Å²) in [5.74, 6) is 1.16. The number of fused-ring (bicyclic) bond motifs is 2. The van der Waals surface area contributed by atoms with Gasteiger partial charge in [-0.3, -0.25) is 9.59 Å². The van der Waals surface area contributed by atoms with Gasteiger partial charge in [0.15, 0.2) is 0 Å². The number of nitrogens with one attached hydrogen (secondary N) is 3. The topological polar surface area (TPSA) is 79.5 Å². The molecule has 6 heteroatoms. The summed E-state index contributed by atoms with van der Waals surface area (Å²) >= 11 is 0. The molecule has 2 bridgehead atoms. The van der Waals surface area contributed by atoms with Crippen molar-refractivity contribution in [2.45, 2.75) is 44.3 Å². The Kier molecular flexibility index (Phi) is 4.81. The average molecular weight is 365 g/mol. The summed E-state index contributed by atoms with van der Waals surface area (Å²) < 4.78 is 5.79. The molecule has 0 saturated carbocycles. The molecule has 2 saturated heterocycles. The molecule has 0 aliphatic carbocycles. The van der Waals surface area contributed by atoms with Crippen molar-refractivity contribution >= 4 is 17.5 Å². The van der Waals surface area contributed by atoms with Gasteiger partial charge in [0.2, 0.25) is 5.91 Å². The van der Waals surface area contributed by atoms with Crippen molar-refractivity contribution in [1.29, 1.82) is 0 Å². The molecule has 0 aromatic heterocycles. The Morgan fingerprint density at radius 1 is 1.00 bits per heavy atom. The summed E-state index contributed by atoms with van der Waals surface area (Å²) in [5.41, 5.74) is 1.35. The maximum absolute atomic E-state index is 12.5. The zero-order valence-corrected chi connectivity index (χ0v) is 15.2. The summed E-state index contributed by atoms with van der Waals surface area (Å²) in [6, 6.07) is 15.5. The first-order valence-electron chi connectivity index (χ1n) is 9.29. The van der Waals surface area contributed by atoms with Crippen LogP contribution in [0.4, 0.5) is 5.69 Å². The highest BCUT2D eigenvalue weighted by atomic mass is 16.5. The second-order valence-corrected chi connectivity index (χ2v) is 7.20. The van der Waals surface area contributed by atoms with E-state index < -0.39 is 0 Å². The van der Waals surface area contributed by atoms with Crippen LogP contribution >= 0.6 is 0 Å². The first kappa shape index (κ1) is 17.5. The lowest BCUT2D eigenvalue weighted by molar-refractivity contribution is -0.114. The zero-order valence-electron chi connectivity index (χ0n) is 15.2. The molecule has 3 atom stereocenters. The van der Waals surface area contributed by atoms with Crippen LogP contribution in [-0.2, 0) is 4.79 Å². The Labute approximate surface area is 158 Å². The minimum absolute atomic E-state index is 0.0411. The molecule has 2 fully saturated rings. The van der Waals surface area contributed by atoms with Gasteiger partial charge in [-0.2, -0.15) is 0 Å². The number of benzene rings is 2. The van der Waals surface area contributed by atoms with Crippen LogP contribution in [0.25, 0.3) is 0 Å². The fourth-order valence-corrected chi connectivity index (χ4v) is 3.86. The van der Waals surface area contributed by atoms with E-state index in [4.69, 9.17) is 4.74 Å². The minimum Gasteiger partial charge on any atom is -0.457 e. The highest BCUT2D eigenvalue weighted by molar-refractivity contribution is 5.94. The number of hydrogen-bond donors (Lipinski definition) is 3. The van der Waals surface area contributed by atoms with E-state index in [2.05, 4.69) is 16.0 Å². The van der Waals surface area contributed by atoms with Crippen molar-refractivity contribution in [2.24, 2.45) is 0 Å². The first-order valence-corrected chi connectivity index (χ1v) is 9.29. The molecule has 27 heavy (non-hydrogen) atoms. The normalized spacial score (nSPS) is 23.1. The van der Waals surface area contributed by atoms with Crippen molar-refractivity contribution in [3.63, 3.8) is 0 Å². The van der Waals surface area contributed by atoms with Crippen LogP contribution in [0.1, 0.15) is 36.5 Å². The molecule has 0 spiro atoms. The molecular weight excluding hydrogens is 342 g/mol. The maximum atomic E-state index is 12.5. The van der Waals surface area contributed by atoms with Gasteiger partial charge in [-0.05, 0) is 67.8 Å². The van der Waals surface area contributed by atoms with Gasteiger partial charge < -0.3 is 20.7 Å². The summed E-state index contributed by atoms with van der Waals surface area (Å²) in [6.45, 7) is 1.47. The van der Waals surface area contributed by atoms with Crippen molar-refractivity contribution in [2.75, 3.05) is 5.32 Å². The number of hydrogen-bond acceptors (Lipinski definition) is 4. The van der Waals surface area contributed by atoms with Gasteiger partial charge in [0.1, 0.15) is 11.5 Å². The Morgan fingerprint density at radius 3 is 2.22 bits per heavy atom. The van der Waals surface area contributed by atoms with Crippen LogP contribution in [0.3, 0.4) is 0 Å². The summed E-state index contributed by atoms with van der Waals surface area (Å²) in [5, 5.41) is 9.38. The second-order valence-electron chi connectivity index (χ2n) is 7.20. The van der Waals surface area contributed by atoms with Gasteiger partial charge in [0, 0.05) is 36.3 Å². The second kappa shape index (κ2) is 7.40. The third-order valence-electron chi connectivity index (χ3n) is 5.14. The fraction of sp³-hybridized carbons (Fsp3) is 0.333. The predicted octanol–water partition coefficient (Wildman–Crippen LogP) is 3.06. The third-order valence-corrected chi connectivity index (χ3v) is 5.14. The quantitative estimate of drug-likeness (QED) is 0.761. The lowest BCUT2D eigenvalue weighted by atomic mass is 9.95. The number of anilines is 1. The standard InChI is InChI=1S/C21H23N3O3/c1-13(25)22-15-4-9-18(10-5-15)27-17-7-2-14(3-8-17)21(26)24-20-12-16-6-11-19(20)23-16/h2-5,7-10,16,19-20,23H,6,11-12H2,1H3,(H,22,25)(H,24,26)/t16-,19+,20-/m1/s1. The van der Waals surface area contributed by atoms with Crippen molar-refractivity contribution in [3.05, 3.63) is 54.1 Å². The van der Waals surface area contributed by atoms with Gasteiger partial charge >= 0.3 is 0 Å². The van der Waals surface area contributed by atoms with E-state index in [0.717, 1.165) is 18.5 Å². The van der Waals surface area contributed by atoms with Gasteiger partial charge in [-0.15, -0.1) is 0 Å². The van der Waals surface area contributed by atoms with Crippen LogP contribution in [0.2, 0.25) is 0 Å². The highest BCUT2D eigenvalue weighted by Crippen LogP contribution is 2.28. The summed E-state index contributed by atoms with van der Waals surface area (Å²) in [6.07, 6.45) is 3.38. The molecule has 2 aromatic carbocycles. The van der Waals surface area contributed by atoms with Crippen LogP contribution < -0.4 is 20.7 Å². The number of carbonyl (C=O) groups excluding carboxylic acids is 2. The molecule has 2 aliphatic heterocycles. The molecule has 4 rings (SSSR count). The number of rotatable bonds is 5. The monoisotopic (exact) mass is 365 g/mol. The van der Waals surface area contributed by atoms with Crippen LogP contribution in [0.15, 0.2) is 48.5 Å². The molecule has 0 unspecified atom stereocenters. The lowest BCUT2D eigenvalue weighted by Crippen LogP contribution is -2.42. The van der Waals surface area contributed by atoms with E-state index in [9.17, 15) is 9.59 Å². The fourth-order valence-electron chi connectivity index (χ4n) is 3.86. The highest BCUT2D eigenvalue weighted by Gasteiger charge is 2.39. The number of ether oxygens (including phenoxy) is 1. The minimum atomic E-state index is -0.112. The Balaban J connectivity index is 1.34. The molecule has 2 amide bonds. The van der Waals surface area contributed by atoms with E-state index >= 15 is 0 Å². The van der Waals surface area contributed by atoms with Crippen molar-refractivity contribution in [1.82, 2.24) is 10.6 Å². The number of amides is 2. The van der Waals surface area contributed by atoms with Crippen LogP contribution in [0, 0.1) is 0 Å². The molecule has 3 N–H and O–H groups in total. The van der Waals surface area contributed by atoms with Gasteiger partial charge in [0.25, 0.3) is 5.91 Å². The zero-order chi connectivity index (χ0) is 18.8. The van der Waals surface area contributed by atoms with Gasteiger partial charge in [0.05, 0.1) is 0 Å². The van der Waals surface area contributed by atoms with E-state index in [1.807, 2.05) is 0 Å². The van der Waals surface area contributed by atoms with E-state index in [0.29, 0.717) is 29.1 Å². The molecule has 0 radical (unpaired) electrons. The van der Waals surface area contributed by atoms with E-state index in [-0.39, 0.29) is 17.9 Å². The van der Waals surface area contributed by atoms with Crippen molar-refractivity contribution < 1.29 is 14.3 Å². The summed E-state index contributed by atoms with van der Waals surface area (Å²) in [7, 11) is 0. The molecular formula is C21H23N3O3. The Morgan fingerprint density at radius 2 is 1.67 bits per heavy atom. The lowest BCUT2D eigenvalue weighted by Gasteiger charge is -2.21. The number of carbonyl (C=O) groups is 2. The molecule has 2 aliphatic rings. The molecule has 2 aromatic rings.